The summed E-state index contributed by atoms with van der Waals surface area (Å²) in [7, 11) is -4.02. The first-order chi connectivity index (χ1) is 16.0. The fourth-order valence-electron chi connectivity index (χ4n) is 5.78. The second-order valence-electron chi connectivity index (χ2n) is 11.0. The molecule has 4 nitrogen and oxygen atoms in total. The average molecular weight is 485 g/mol. The van der Waals surface area contributed by atoms with Gasteiger partial charge in [-0.3, -0.25) is 4.18 Å². The number of benzene rings is 2. The van der Waals surface area contributed by atoms with Crippen LogP contribution < -0.4 is 0 Å². The van der Waals surface area contributed by atoms with Crippen LogP contribution >= 0.6 is 0 Å². The predicted octanol–water partition coefficient (Wildman–Crippen LogP) is 7.55. The lowest BCUT2D eigenvalue weighted by molar-refractivity contribution is -0.128. The molecule has 5 heteroatoms. The van der Waals surface area contributed by atoms with E-state index in [-0.39, 0.29) is 17.8 Å². The highest BCUT2D eigenvalue weighted by Crippen LogP contribution is 2.56. The average Bonchev–Trinajstić information content (AvgIpc) is 3.01. The molecule has 1 aliphatic heterocycles. The molecule has 0 aromatic heterocycles. The van der Waals surface area contributed by atoms with Crippen LogP contribution in [-0.2, 0) is 24.6 Å². The van der Waals surface area contributed by atoms with Crippen LogP contribution in [0.2, 0.25) is 0 Å². The number of hydrogen-bond acceptors (Lipinski definition) is 4. The molecule has 186 valence electrons. The van der Waals surface area contributed by atoms with E-state index >= 15 is 0 Å². The second-order valence-corrected chi connectivity index (χ2v) is 12.5. The van der Waals surface area contributed by atoms with Crippen molar-refractivity contribution in [2.75, 3.05) is 6.61 Å². The van der Waals surface area contributed by atoms with Crippen LogP contribution in [0.25, 0.3) is 0 Å². The van der Waals surface area contributed by atoms with Crippen LogP contribution in [0.1, 0.15) is 119 Å². The summed E-state index contributed by atoms with van der Waals surface area (Å²) in [5, 5.41) is 0. The van der Waals surface area contributed by atoms with Crippen molar-refractivity contribution in [3.05, 3.63) is 64.2 Å². The van der Waals surface area contributed by atoms with E-state index in [2.05, 4.69) is 66.7 Å². The molecule has 0 N–H and O–H groups in total. The van der Waals surface area contributed by atoms with Gasteiger partial charge in [0.2, 0.25) is 0 Å². The fraction of sp³-hybridized carbons (Fsp3) is 0.586. The monoisotopic (exact) mass is 484 g/mol. The number of fused-ring (bicyclic) bond motifs is 2. The lowest BCUT2D eigenvalue weighted by Crippen LogP contribution is -2.38. The highest BCUT2D eigenvalue weighted by molar-refractivity contribution is 7.86. The lowest BCUT2D eigenvalue weighted by atomic mass is 9.81. The number of hydrogen-bond donors (Lipinski definition) is 0. The molecule has 0 radical (unpaired) electrons. The van der Waals surface area contributed by atoms with Gasteiger partial charge in [-0.2, -0.15) is 8.42 Å². The highest BCUT2D eigenvalue weighted by atomic mass is 32.2. The molecule has 3 unspecified atom stereocenters. The molecule has 2 aromatic rings. The van der Waals surface area contributed by atoms with Crippen molar-refractivity contribution in [3.63, 3.8) is 0 Å². The maximum absolute atomic E-state index is 14.1. The zero-order valence-corrected chi connectivity index (χ0v) is 22.5. The van der Waals surface area contributed by atoms with Crippen LogP contribution in [0.3, 0.4) is 0 Å². The first-order valence-electron chi connectivity index (χ1n) is 12.8. The van der Waals surface area contributed by atoms with E-state index in [1.54, 1.807) is 0 Å². The first-order valence-corrected chi connectivity index (χ1v) is 14.2. The van der Waals surface area contributed by atoms with Gasteiger partial charge >= 0.3 is 0 Å². The first kappa shape index (κ1) is 25.4. The topological polar surface area (TPSA) is 52.6 Å². The molecular formula is C29H40O4S. The van der Waals surface area contributed by atoms with Gasteiger partial charge in [-0.25, -0.2) is 0 Å². The Hall–Kier alpha value is -1.69. The molecule has 0 saturated carbocycles. The van der Waals surface area contributed by atoms with E-state index in [0.717, 1.165) is 41.5 Å². The van der Waals surface area contributed by atoms with Crippen LogP contribution in [0.4, 0.5) is 0 Å². The SMILES string of the molecule is CC(C)c1cc(C(C)C)c(S(=O)(=O)OC2c3ccccc3C3(CCCCO3)C2C)c(C(C)C)c1. The summed E-state index contributed by atoms with van der Waals surface area (Å²) in [5.41, 5.74) is 4.41. The molecule has 34 heavy (non-hydrogen) atoms. The summed E-state index contributed by atoms with van der Waals surface area (Å²) in [6, 6.07) is 12.2. The van der Waals surface area contributed by atoms with Crippen molar-refractivity contribution in [2.45, 2.75) is 102 Å². The molecule has 0 bridgehead atoms. The van der Waals surface area contributed by atoms with Crippen LogP contribution in [0.5, 0.6) is 0 Å². The Labute approximate surface area is 206 Å². The van der Waals surface area contributed by atoms with E-state index in [0.29, 0.717) is 17.4 Å². The Bertz CT molecular complexity index is 1110. The van der Waals surface area contributed by atoms with E-state index in [9.17, 15) is 8.42 Å². The van der Waals surface area contributed by atoms with Crippen molar-refractivity contribution >= 4 is 10.1 Å². The van der Waals surface area contributed by atoms with Crippen LogP contribution in [-0.4, -0.2) is 15.0 Å². The number of ether oxygens (including phenoxy) is 1. The maximum Gasteiger partial charge on any atom is 0.298 e. The Kier molecular flexibility index (Phi) is 7.03. The van der Waals surface area contributed by atoms with Gasteiger partial charge in [0.25, 0.3) is 10.1 Å². The molecule has 4 rings (SSSR count). The third-order valence-corrected chi connectivity index (χ3v) is 9.21. The van der Waals surface area contributed by atoms with Gasteiger partial charge in [-0.05, 0) is 64.8 Å². The molecular weight excluding hydrogens is 444 g/mol. The molecule has 1 saturated heterocycles. The van der Waals surface area contributed by atoms with Crippen LogP contribution in [0, 0.1) is 5.92 Å². The smallest absolute Gasteiger partial charge is 0.298 e. The fourth-order valence-corrected chi connectivity index (χ4v) is 7.58. The summed E-state index contributed by atoms with van der Waals surface area (Å²) in [6.07, 6.45) is 2.44. The van der Waals surface area contributed by atoms with Gasteiger partial charge in [-0.1, -0.05) is 84.9 Å². The summed E-state index contributed by atoms with van der Waals surface area (Å²) in [6.45, 7) is 15.3. The highest BCUT2D eigenvalue weighted by Gasteiger charge is 2.53. The normalized spacial score (nSPS) is 25.0. The standard InChI is InChI=1S/C29H40O4S/c1-18(2)22-16-24(19(3)4)28(25(17-22)20(5)6)34(30,31)33-27-21(7)29(14-10-11-15-32-29)26-13-9-8-12-23(26)27/h8-9,12-13,16-21,27H,10-11,14-15H2,1-7H3. The lowest BCUT2D eigenvalue weighted by Gasteiger charge is -2.39. The predicted molar refractivity (Wildman–Crippen MR) is 137 cm³/mol. The molecule has 1 heterocycles. The summed E-state index contributed by atoms with van der Waals surface area (Å²) in [4.78, 5) is 0.358. The zero-order chi connectivity index (χ0) is 24.8. The van der Waals surface area contributed by atoms with E-state index < -0.39 is 21.8 Å². The molecule has 3 atom stereocenters. The van der Waals surface area contributed by atoms with Gasteiger partial charge in [0, 0.05) is 12.5 Å². The molecule has 0 amide bonds. The summed E-state index contributed by atoms with van der Waals surface area (Å²) >= 11 is 0. The van der Waals surface area contributed by atoms with Crippen LogP contribution in [0.15, 0.2) is 41.3 Å². The number of rotatable bonds is 6. The van der Waals surface area contributed by atoms with Crippen molar-refractivity contribution < 1.29 is 17.3 Å². The quantitative estimate of drug-likeness (QED) is 0.397. The minimum absolute atomic E-state index is 0.0610. The van der Waals surface area contributed by atoms with Gasteiger partial charge < -0.3 is 4.74 Å². The minimum atomic E-state index is -4.02. The third-order valence-electron chi connectivity index (χ3n) is 7.77. The minimum Gasteiger partial charge on any atom is -0.370 e. The Morgan fingerprint density at radius 2 is 1.56 bits per heavy atom. The van der Waals surface area contributed by atoms with Gasteiger partial charge in [0.05, 0.1) is 5.60 Å². The Morgan fingerprint density at radius 1 is 0.941 bits per heavy atom. The summed E-state index contributed by atoms with van der Waals surface area (Å²) in [5.74, 6) is 0.342. The van der Waals surface area contributed by atoms with Gasteiger partial charge in [-0.15, -0.1) is 0 Å². The summed E-state index contributed by atoms with van der Waals surface area (Å²) < 4.78 is 40.8. The maximum atomic E-state index is 14.1. The van der Waals surface area contributed by atoms with Gasteiger partial charge in [0.15, 0.2) is 0 Å². The van der Waals surface area contributed by atoms with E-state index in [4.69, 9.17) is 8.92 Å². The Balaban J connectivity index is 1.83. The second kappa shape index (κ2) is 9.40. The van der Waals surface area contributed by atoms with Crippen molar-refractivity contribution in [1.29, 1.82) is 0 Å². The van der Waals surface area contributed by atoms with Crippen molar-refractivity contribution in [1.82, 2.24) is 0 Å². The zero-order valence-electron chi connectivity index (χ0n) is 21.7. The Morgan fingerprint density at radius 3 is 2.09 bits per heavy atom. The third kappa shape index (κ3) is 4.25. The molecule has 1 aliphatic carbocycles. The largest absolute Gasteiger partial charge is 0.370 e. The molecule has 1 fully saturated rings. The van der Waals surface area contributed by atoms with Crippen molar-refractivity contribution in [2.24, 2.45) is 5.92 Å². The van der Waals surface area contributed by atoms with Crippen molar-refractivity contribution in [3.8, 4) is 0 Å². The molecule has 2 aromatic carbocycles. The van der Waals surface area contributed by atoms with E-state index in [1.807, 2.05) is 18.2 Å². The molecule has 1 spiro atoms. The van der Waals surface area contributed by atoms with E-state index in [1.165, 1.54) is 5.56 Å². The van der Waals surface area contributed by atoms with Gasteiger partial charge in [0.1, 0.15) is 11.0 Å². The molecule has 2 aliphatic rings.